The van der Waals surface area contributed by atoms with Gasteiger partial charge < -0.3 is 5.32 Å². The highest BCUT2D eigenvalue weighted by molar-refractivity contribution is 7.90. The van der Waals surface area contributed by atoms with E-state index in [1.807, 2.05) is 6.07 Å². The molecule has 1 amide bonds. The van der Waals surface area contributed by atoms with Crippen LogP contribution in [0.5, 0.6) is 0 Å². The minimum absolute atomic E-state index is 0.226. The minimum atomic E-state index is -3.32. The molecule has 0 saturated heterocycles. The summed E-state index contributed by atoms with van der Waals surface area (Å²) in [6.07, 6.45) is 2.48. The molecule has 0 aliphatic heterocycles. The molecule has 0 aliphatic rings. The van der Waals surface area contributed by atoms with Crippen LogP contribution in [-0.2, 0) is 9.84 Å². The number of rotatable bonds is 5. The van der Waals surface area contributed by atoms with Crippen LogP contribution in [0.15, 0.2) is 53.5 Å². The number of hydrogen-bond donors (Lipinski definition) is 2. The average molecular weight is 360 g/mol. The first-order valence-corrected chi connectivity index (χ1v) is 9.50. The number of pyridine rings is 1. The molecule has 3 aromatic rings. The molecule has 0 spiro atoms. The van der Waals surface area contributed by atoms with E-state index in [4.69, 9.17) is 0 Å². The second-order valence-corrected chi connectivity index (χ2v) is 7.89. The number of aromatic nitrogens is 3. The molecule has 2 aromatic heterocycles. The molecule has 0 fully saturated rings. The first kappa shape index (κ1) is 16.9. The third-order valence-corrected chi connectivity index (χ3v) is 4.59. The van der Waals surface area contributed by atoms with Crippen LogP contribution in [0, 0.1) is 0 Å². The molecule has 1 unspecified atom stereocenters. The monoisotopic (exact) mass is 360 g/mol. The lowest BCUT2D eigenvalue weighted by atomic mass is 10.1. The van der Waals surface area contributed by atoms with Gasteiger partial charge in [-0.2, -0.15) is 5.10 Å². The number of aromatic amines is 1. The number of hydrogen-bond acceptors (Lipinski definition) is 5. The zero-order valence-corrected chi connectivity index (χ0v) is 14.2. The van der Waals surface area contributed by atoms with Crippen molar-refractivity contribution in [2.75, 3.05) is 12.0 Å². The molecule has 1 atom stereocenters. The summed E-state index contributed by atoms with van der Waals surface area (Å²) in [5.41, 5.74) is 0.839. The first-order chi connectivity index (χ1) is 11.8. The summed E-state index contributed by atoms with van der Waals surface area (Å²) in [7, 11) is -3.32. The Morgan fingerprint density at radius 1 is 1.24 bits per heavy atom. The maximum absolute atomic E-state index is 12.5. The molecule has 130 valence electrons. The van der Waals surface area contributed by atoms with Gasteiger partial charge in [0.25, 0.3) is 5.91 Å². The predicted molar refractivity (Wildman–Crippen MR) is 92.2 cm³/mol. The van der Waals surface area contributed by atoms with E-state index in [-0.39, 0.29) is 11.3 Å². The zero-order valence-electron chi connectivity index (χ0n) is 13.3. The van der Waals surface area contributed by atoms with Crippen molar-refractivity contribution in [1.82, 2.24) is 19.9 Å². The number of amides is 1. The van der Waals surface area contributed by atoms with Crippen molar-refractivity contribution in [1.29, 1.82) is 0 Å². The largest absolute Gasteiger partial charge is 0.347 e. The minimum Gasteiger partial charge on any atom is -0.344 e. The van der Waals surface area contributed by atoms with Crippen LogP contribution in [0.4, 0.5) is 0 Å². The first-order valence-electron chi connectivity index (χ1n) is 7.44. The molecule has 25 heavy (non-hydrogen) atoms. The number of fused-ring (bicyclic) bond motifs is 1. The molecule has 8 nitrogen and oxygen atoms in total. The molecular formula is C16H16N4O4S. The number of nitrogens with one attached hydrogen (secondary N) is 2. The summed E-state index contributed by atoms with van der Waals surface area (Å²) < 4.78 is 24.6. The van der Waals surface area contributed by atoms with Gasteiger partial charge in [0.2, 0.25) is 0 Å². The van der Waals surface area contributed by atoms with E-state index in [9.17, 15) is 18.0 Å². The molecule has 2 heterocycles. The second kappa shape index (κ2) is 6.52. The van der Waals surface area contributed by atoms with E-state index in [2.05, 4.69) is 15.5 Å². The van der Waals surface area contributed by atoms with Gasteiger partial charge in [-0.15, -0.1) is 0 Å². The van der Waals surface area contributed by atoms with Gasteiger partial charge in [0.15, 0.2) is 5.65 Å². The van der Waals surface area contributed by atoms with Crippen molar-refractivity contribution in [2.45, 2.75) is 6.04 Å². The van der Waals surface area contributed by atoms with Crippen LogP contribution in [0.2, 0.25) is 0 Å². The Kier molecular flexibility index (Phi) is 4.41. The highest BCUT2D eigenvalue weighted by atomic mass is 32.2. The summed E-state index contributed by atoms with van der Waals surface area (Å²) >= 11 is 0. The predicted octanol–water partition coefficient (Wildman–Crippen LogP) is 0.538. The maximum Gasteiger partial charge on any atom is 0.347 e. The molecule has 1 aromatic carbocycles. The Labute approximate surface area is 143 Å². The molecule has 3 rings (SSSR count). The number of sulfone groups is 1. The van der Waals surface area contributed by atoms with E-state index in [0.29, 0.717) is 11.2 Å². The third kappa shape index (κ3) is 3.94. The van der Waals surface area contributed by atoms with E-state index in [0.717, 1.165) is 6.26 Å². The van der Waals surface area contributed by atoms with E-state index in [1.165, 1.54) is 22.7 Å². The van der Waals surface area contributed by atoms with Crippen molar-refractivity contribution < 1.29 is 13.2 Å². The average Bonchev–Trinajstić information content (AvgIpc) is 2.94. The van der Waals surface area contributed by atoms with Crippen LogP contribution in [0.25, 0.3) is 5.65 Å². The Balaban J connectivity index is 1.90. The fraction of sp³-hybridized carbons (Fsp3) is 0.188. The highest BCUT2D eigenvalue weighted by Crippen LogP contribution is 2.16. The van der Waals surface area contributed by atoms with Gasteiger partial charge in [0.05, 0.1) is 17.4 Å². The molecule has 0 saturated carbocycles. The number of carbonyl (C=O) groups excluding carboxylic acids is 1. The number of H-pyrrole nitrogens is 1. The lowest BCUT2D eigenvalue weighted by Crippen LogP contribution is -2.33. The van der Waals surface area contributed by atoms with Gasteiger partial charge in [-0.25, -0.2) is 22.7 Å². The third-order valence-electron chi connectivity index (χ3n) is 3.65. The Morgan fingerprint density at radius 3 is 2.64 bits per heavy atom. The normalized spacial score (nSPS) is 12.8. The van der Waals surface area contributed by atoms with Gasteiger partial charge in [-0.1, -0.05) is 30.3 Å². The summed E-state index contributed by atoms with van der Waals surface area (Å²) in [6.45, 7) is 0. The summed E-state index contributed by atoms with van der Waals surface area (Å²) in [5, 5.41) is 8.80. The van der Waals surface area contributed by atoms with Crippen molar-refractivity contribution in [3.63, 3.8) is 0 Å². The van der Waals surface area contributed by atoms with Gasteiger partial charge in [0, 0.05) is 12.5 Å². The highest BCUT2D eigenvalue weighted by Gasteiger charge is 2.20. The van der Waals surface area contributed by atoms with Crippen LogP contribution in [0.1, 0.15) is 22.0 Å². The maximum atomic E-state index is 12.5. The number of carbonyl (C=O) groups is 1. The van der Waals surface area contributed by atoms with Crippen LogP contribution >= 0.6 is 0 Å². The van der Waals surface area contributed by atoms with Gasteiger partial charge in [-0.05, 0) is 17.7 Å². The fourth-order valence-electron chi connectivity index (χ4n) is 2.49. The lowest BCUT2D eigenvalue weighted by molar-refractivity contribution is 0.0940. The topological polar surface area (TPSA) is 113 Å². The summed E-state index contributed by atoms with van der Waals surface area (Å²) in [6, 6.07) is 11.2. The zero-order chi connectivity index (χ0) is 18.0. The second-order valence-electron chi connectivity index (χ2n) is 5.70. The van der Waals surface area contributed by atoms with E-state index >= 15 is 0 Å². The van der Waals surface area contributed by atoms with Crippen LogP contribution in [0.3, 0.4) is 0 Å². The van der Waals surface area contributed by atoms with Crippen molar-refractivity contribution in [3.8, 4) is 0 Å². The Morgan fingerprint density at radius 2 is 1.96 bits per heavy atom. The molecule has 9 heteroatoms. The van der Waals surface area contributed by atoms with Crippen molar-refractivity contribution >= 4 is 21.4 Å². The fourth-order valence-corrected chi connectivity index (χ4v) is 3.37. The van der Waals surface area contributed by atoms with E-state index < -0.39 is 27.5 Å². The Bertz CT molecular complexity index is 1070. The number of benzene rings is 1. The van der Waals surface area contributed by atoms with Crippen molar-refractivity contribution in [3.05, 3.63) is 70.3 Å². The smallest absolute Gasteiger partial charge is 0.344 e. The number of nitrogens with zero attached hydrogens (tertiary/aromatic N) is 2. The molecule has 0 radical (unpaired) electrons. The summed E-state index contributed by atoms with van der Waals surface area (Å²) in [5.74, 6) is -0.705. The van der Waals surface area contributed by atoms with Crippen LogP contribution in [-0.4, -0.2) is 40.9 Å². The Hall–Kier alpha value is -2.94. The molecule has 0 bridgehead atoms. The van der Waals surface area contributed by atoms with Gasteiger partial charge >= 0.3 is 5.69 Å². The molecular weight excluding hydrogens is 344 g/mol. The van der Waals surface area contributed by atoms with Crippen molar-refractivity contribution in [2.24, 2.45) is 0 Å². The van der Waals surface area contributed by atoms with Crippen LogP contribution < -0.4 is 11.0 Å². The molecule has 0 aliphatic carbocycles. The lowest BCUT2D eigenvalue weighted by Gasteiger charge is -2.18. The summed E-state index contributed by atoms with van der Waals surface area (Å²) in [4.78, 5) is 24.2. The quantitative estimate of drug-likeness (QED) is 0.689. The van der Waals surface area contributed by atoms with Gasteiger partial charge in [0.1, 0.15) is 9.84 Å². The van der Waals surface area contributed by atoms with Gasteiger partial charge in [-0.3, -0.25) is 4.79 Å². The van der Waals surface area contributed by atoms with E-state index in [1.54, 1.807) is 24.3 Å². The SMILES string of the molecule is CS(=O)(=O)CC(NC(=O)c1ccc2n[nH]c(=O)n2c1)c1ccccc1. The molecule has 2 N–H and O–H groups in total. The standard InChI is InChI=1S/C16H16N4O4S/c1-25(23,24)10-13(11-5-3-2-4-6-11)17-15(21)12-7-8-14-18-19-16(22)20(14)9-12/h2-9,13H,10H2,1H3,(H,17,21)(H,19,22).